The van der Waals surface area contributed by atoms with Gasteiger partial charge in [0.2, 0.25) is 0 Å². The molecule has 1 fully saturated rings. The summed E-state index contributed by atoms with van der Waals surface area (Å²) in [6.07, 6.45) is -0.276. The van der Waals surface area contributed by atoms with E-state index in [0.29, 0.717) is 24.0 Å². The van der Waals surface area contributed by atoms with Crippen molar-refractivity contribution >= 4 is 23.0 Å². The smallest absolute Gasteiger partial charge is 0.305 e. The first-order chi connectivity index (χ1) is 7.24. The van der Waals surface area contributed by atoms with E-state index >= 15 is 0 Å². The third-order valence-electron chi connectivity index (χ3n) is 1.81. The Morgan fingerprint density at radius 2 is 2.20 bits per heavy atom. The van der Waals surface area contributed by atoms with Gasteiger partial charge in [-0.1, -0.05) is 11.6 Å². The predicted molar refractivity (Wildman–Crippen MR) is 55.9 cm³/mol. The molecule has 0 radical (unpaired) electrons. The first kappa shape index (κ1) is 10.9. The molecule has 0 aromatic heterocycles. The highest BCUT2D eigenvalue weighted by Gasteiger charge is 2.23. The quantitative estimate of drug-likeness (QED) is 0.817. The summed E-state index contributed by atoms with van der Waals surface area (Å²) in [7, 11) is 0. The van der Waals surface area contributed by atoms with Crippen molar-refractivity contribution in [1.82, 2.24) is 0 Å². The molecule has 0 N–H and O–H groups in total. The molecule has 4 nitrogen and oxygen atoms in total. The van der Waals surface area contributed by atoms with E-state index in [2.05, 4.69) is 0 Å². The zero-order valence-electron chi connectivity index (χ0n) is 7.72. The Hall–Kier alpha value is -0.620. The van der Waals surface area contributed by atoms with Gasteiger partial charge in [0.1, 0.15) is 18.5 Å². The fourth-order valence-electron chi connectivity index (χ4n) is 1.09. The Labute approximate surface area is 95.0 Å². The molecule has 0 unspecified atom stereocenters. The van der Waals surface area contributed by atoms with Crippen LogP contribution in [-0.4, -0.2) is 23.5 Å². The Bertz CT molecular complexity index is 354. The van der Waals surface area contributed by atoms with Gasteiger partial charge in [-0.05, 0) is 24.3 Å². The van der Waals surface area contributed by atoms with E-state index in [9.17, 15) is 4.21 Å². The summed E-state index contributed by atoms with van der Waals surface area (Å²) in [6, 6.07) is 6.99. The van der Waals surface area contributed by atoms with Crippen molar-refractivity contribution in [1.29, 1.82) is 0 Å². The Kier molecular flexibility index (Phi) is 3.58. The Morgan fingerprint density at radius 1 is 1.47 bits per heavy atom. The molecule has 0 aliphatic carbocycles. The topological polar surface area (TPSA) is 44.8 Å². The molecule has 1 saturated heterocycles. The SMILES string of the molecule is O=[S@]1OC[C@H](COc2ccc(Cl)cc2)O1. The van der Waals surface area contributed by atoms with Crippen LogP contribution in [0, 0.1) is 0 Å². The maximum absolute atomic E-state index is 10.7. The van der Waals surface area contributed by atoms with E-state index in [0.717, 1.165) is 0 Å². The summed E-state index contributed by atoms with van der Waals surface area (Å²) >= 11 is 4.10. The predicted octanol–water partition coefficient (Wildman–Crippen LogP) is 1.71. The average molecular weight is 249 g/mol. The third-order valence-corrected chi connectivity index (χ3v) is 2.82. The van der Waals surface area contributed by atoms with Crippen LogP contribution in [0.2, 0.25) is 5.02 Å². The minimum absolute atomic E-state index is 0.276. The van der Waals surface area contributed by atoms with Gasteiger partial charge in [0, 0.05) is 5.02 Å². The largest absolute Gasteiger partial charge is 0.491 e. The number of hydrogen-bond acceptors (Lipinski definition) is 4. The zero-order valence-corrected chi connectivity index (χ0v) is 9.29. The lowest BCUT2D eigenvalue weighted by molar-refractivity contribution is 0.151. The van der Waals surface area contributed by atoms with Crippen LogP contribution in [0.25, 0.3) is 0 Å². The molecule has 6 heteroatoms. The van der Waals surface area contributed by atoms with Crippen LogP contribution < -0.4 is 4.74 Å². The summed E-state index contributed by atoms with van der Waals surface area (Å²) in [5, 5.41) is 0.656. The zero-order chi connectivity index (χ0) is 10.7. The highest BCUT2D eigenvalue weighted by molar-refractivity contribution is 7.75. The standard InChI is InChI=1S/C9H9ClO4S/c10-7-1-3-8(4-2-7)12-5-9-6-13-15(11)14-9/h1-4,9H,5-6H2/t9-,15-/m0/s1. The first-order valence-corrected chi connectivity index (χ1v) is 5.72. The van der Waals surface area contributed by atoms with Crippen molar-refractivity contribution in [2.45, 2.75) is 6.10 Å². The monoisotopic (exact) mass is 248 g/mol. The lowest BCUT2D eigenvalue weighted by Gasteiger charge is -2.08. The highest BCUT2D eigenvalue weighted by atomic mass is 35.5. The second-order valence-corrected chi connectivity index (χ2v) is 4.24. The van der Waals surface area contributed by atoms with E-state index in [1.165, 1.54) is 0 Å². The summed E-state index contributed by atoms with van der Waals surface area (Å²) in [5.41, 5.74) is 0. The van der Waals surface area contributed by atoms with Gasteiger partial charge in [-0.25, -0.2) is 0 Å². The van der Waals surface area contributed by atoms with Gasteiger partial charge in [0.15, 0.2) is 0 Å². The molecule has 2 rings (SSSR count). The molecule has 1 aromatic carbocycles. The second-order valence-electron chi connectivity index (χ2n) is 2.97. The minimum atomic E-state index is -1.62. The molecule has 15 heavy (non-hydrogen) atoms. The molecule has 2 atom stereocenters. The van der Waals surface area contributed by atoms with E-state index in [1.54, 1.807) is 24.3 Å². The number of rotatable bonds is 3. The molecule has 1 heterocycles. The van der Waals surface area contributed by atoms with Crippen LogP contribution in [-0.2, 0) is 19.7 Å². The van der Waals surface area contributed by atoms with Crippen molar-refractivity contribution < 1.29 is 17.3 Å². The number of halogens is 1. The molecule has 0 bridgehead atoms. The lowest BCUT2D eigenvalue weighted by Crippen LogP contribution is -2.19. The Balaban J connectivity index is 1.83. The fourth-order valence-corrected chi connectivity index (χ4v) is 1.87. The van der Waals surface area contributed by atoms with E-state index in [-0.39, 0.29) is 6.10 Å². The van der Waals surface area contributed by atoms with Gasteiger partial charge in [-0.3, -0.25) is 8.37 Å². The molecule has 1 aliphatic rings. The normalized spacial score (nSPS) is 25.4. The number of benzene rings is 1. The molecule has 82 valence electrons. The average Bonchev–Trinajstić information content (AvgIpc) is 2.64. The van der Waals surface area contributed by atoms with Gasteiger partial charge in [0.25, 0.3) is 0 Å². The van der Waals surface area contributed by atoms with E-state index in [4.69, 9.17) is 24.7 Å². The fraction of sp³-hybridized carbons (Fsp3) is 0.333. The van der Waals surface area contributed by atoms with Crippen molar-refractivity contribution in [3.05, 3.63) is 29.3 Å². The minimum Gasteiger partial charge on any atom is -0.491 e. The van der Waals surface area contributed by atoms with Crippen LogP contribution in [0.1, 0.15) is 0 Å². The maximum atomic E-state index is 10.7. The molecular weight excluding hydrogens is 240 g/mol. The van der Waals surface area contributed by atoms with Crippen molar-refractivity contribution in [2.24, 2.45) is 0 Å². The van der Waals surface area contributed by atoms with Crippen LogP contribution in [0.15, 0.2) is 24.3 Å². The molecule has 0 amide bonds. The van der Waals surface area contributed by atoms with Gasteiger partial charge < -0.3 is 4.74 Å². The van der Waals surface area contributed by atoms with E-state index < -0.39 is 11.4 Å². The van der Waals surface area contributed by atoms with Crippen LogP contribution >= 0.6 is 11.6 Å². The Morgan fingerprint density at radius 3 is 2.80 bits per heavy atom. The molecule has 0 saturated carbocycles. The summed E-state index contributed by atoms with van der Waals surface area (Å²) in [6.45, 7) is 0.605. The summed E-state index contributed by atoms with van der Waals surface area (Å²) in [5.74, 6) is 0.695. The van der Waals surface area contributed by atoms with Crippen LogP contribution in [0.4, 0.5) is 0 Å². The van der Waals surface area contributed by atoms with Crippen molar-refractivity contribution in [3.63, 3.8) is 0 Å². The third kappa shape index (κ3) is 3.17. The van der Waals surface area contributed by atoms with Gasteiger partial charge in [-0.2, -0.15) is 4.21 Å². The summed E-state index contributed by atoms with van der Waals surface area (Å²) in [4.78, 5) is 0. The number of ether oxygens (including phenoxy) is 1. The lowest BCUT2D eigenvalue weighted by atomic mass is 10.3. The van der Waals surface area contributed by atoms with E-state index in [1.807, 2.05) is 0 Å². The summed E-state index contributed by atoms with van der Waals surface area (Å²) < 4.78 is 25.7. The van der Waals surface area contributed by atoms with Gasteiger partial charge >= 0.3 is 11.4 Å². The van der Waals surface area contributed by atoms with Gasteiger partial charge in [-0.15, -0.1) is 0 Å². The number of hydrogen-bond donors (Lipinski definition) is 0. The molecule has 1 aliphatic heterocycles. The molecule has 0 spiro atoms. The van der Waals surface area contributed by atoms with Gasteiger partial charge in [0.05, 0.1) is 6.61 Å². The highest BCUT2D eigenvalue weighted by Crippen LogP contribution is 2.17. The first-order valence-electron chi connectivity index (χ1n) is 4.34. The van der Waals surface area contributed by atoms with Crippen LogP contribution in [0.5, 0.6) is 5.75 Å². The van der Waals surface area contributed by atoms with Crippen LogP contribution in [0.3, 0.4) is 0 Å². The maximum Gasteiger partial charge on any atom is 0.305 e. The van der Waals surface area contributed by atoms with Crippen molar-refractivity contribution in [2.75, 3.05) is 13.2 Å². The molecular formula is C9H9ClO4S. The second kappa shape index (κ2) is 4.94. The van der Waals surface area contributed by atoms with Crippen molar-refractivity contribution in [3.8, 4) is 5.75 Å². The molecule has 1 aromatic rings.